The van der Waals surface area contributed by atoms with Gasteiger partial charge in [-0.3, -0.25) is 4.99 Å². The standard InChI is InChI=1S/C20H30N6O/c1-3-19-24-23-16-26(19)15-12-22-20(25-13-4-5-14-25)21-11-10-17-6-8-18(27-2)9-7-17/h6-9,16H,3-5,10-15H2,1-2H3,(H,21,22). The first kappa shape index (κ1) is 19.2. The van der Waals surface area contributed by atoms with Crippen LogP contribution in [-0.2, 0) is 19.4 Å². The summed E-state index contributed by atoms with van der Waals surface area (Å²) in [5, 5.41) is 11.7. The van der Waals surface area contributed by atoms with Gasteiger partial charge in [0.25, 0.3) is 0 Å². The van der Waals surface area contributed by atoms with E-state index in [-0.39, 0.29) is 0 Å². The fourth-order valence-corrected chi connectivity index (χ4v) is 3.31. The van der Waals surface area contributed by atoms with Crippen molar-refractivity contribution < 1.29 is 4.74 Å². The number of hydrogen-bond donors (Lipinski definition) is 1. The molecule has 2 aromatic rings. The van der Waals surface area contributed by atoms with Crippen LogP contribution < -0.4 is 10.1 Å². The van der Waals surface area contributed by atoms with E-state index in [1.165, 1.54) is 18.4 Å². The van der Waals surface area contributed by atoms with Crippen LogP contribution in [0.2, 0.25) is 0 Å². The van der Waals surface area contributed by atoms with Gasteiger partial charge in [0.2, 0.25) is 0 Å². The average molecular weight is 371 g/mol. The van der Waals surface area contributed by atoms with E-state index in [2.05, 4.69) is 44.0 Å². The van der Waals surface area contributed by atoms with Gasteiger partial charge >= 0.3 is 0 Å². The van der Waals surface area contributed by atoms with Gasteiger partial charge in [-0.2, -0.15) is 0 Å². The molecule has 3 rings (SSSR count). The van der Waals surface area contributed by atoms with Gasteiger partial charge in [0.1, 0.15) is 17.9 Å². The molecule has 1 aromatic carbocycles. The summed E-state index contributed by atoms with van der Waals surface area (Å²) in [7, 11) is 1.69. The maximum atomic E-state index is 5.22. The highest BCUT2D eigenvalue weighted by Gasteiger charge is 2.16. The van der Waals surface area contributed by atoms with Crippen molar-refractivity contribution in [3.05, 3.63) is 42.0 Å². The normalized spacial score (nSPS) is 14.6. The van der Waals surface area contributed by atoms with Crippen LogP contribution in [0.25, 0.3) is 0 Å². The second kappa shape index (κ2) is 9.94. The van der Waals surface area contributed by atoms with Crippen molar-refractivity contribution in [1.29, 1.82) is 0 Å². The summed E-state index contributed by atoms with van der Waals surface area (Å²) in [6, 6.07) is 8.22. The van der Waals surface area contributed by atoms with E-state index in [9.17, 15) is 0 Å². The Bertz CT molecular complexity index is 718. The molecule has 7 heteroatoms. The lowest BCUT2D eigenvalue weighted by Gasteiger charge is -2.21. The number of hydrogen-bond acceptors (Lipinski definition) is 4. The third kappa shape index (κ3) is 5.45. The van der Waals surface area contributed by atoms with Crippen LogP contribution in [-0.4, -0.2) is 58.9 Å². The van der Waals surface area contributed by atoms with Crippen molar-refractivity contribution in [1.82, 2.24) is 25.0 Å². The zero-order valence-corrected chi connectivity index (χ0v) is 16.4. The summed E-state index contributed by atoms with van der Waals surface area (Å²) in [6.07, 6.45) is 6.11. The lowest BCUT2D eigenvalue weighted by Crippen LogP contribution is -2.41. The minimum absolute atomic E-state index is 0.776. The summed E-state index contributed by atoms with van der Waals surface area (Å²) in [4.78, 5) is 7.23. The first-order valence-corrected chi connectivity index (χ1v) is 9.83. The van der Waals surface area contributed by atoms with E-state index in [1.807, 2.05) is 12.1 Å². The highest BCUT2D eigenvalue weighted by atomic mass is 16.5. The van der Waals surface area contributed by atoms with E-state index < -0.39 is 0 Å². The van der Waals surface area contributed by atoms with Crippen LogP contribution in [0.4, 0.5) is 0 Å². The Kier molecular flexibility index (Phi) is 7.07. The third-order valence-electron chi connectivity index (χ3n) is 4.87. The Morgan fingerprint density at radius 2 is 2.00 bits per heavy atom. The van der Waals surface area contributed by atoms with E-state index >= 15 is 0 Å². The Hall–Kier alpha value is -2.57. The minimum Gasteiger partial charge on any atom is -0.497 e. The smallest absolute Gasteiger partial charge is 0.193 e. The van der Waals surface area contributed by atoms with Crippen molar-refractivity contribution in [3.63, 3.8) is 0 Å². The largest absolute Gasteiger partial charge is 0.497 e. The number of guanidine groups is 1. The van der Waals surface area contributed by atoms with Crippen LogP contribution >= 0.6 is 0 Å². The number of likely N-dealkylation sites (tertiary alicyclic amines) is 1. The fraction of sp³-hybridized carbons (Fsp3) is 0.550. The molecule has 0 amide bonds. The molecule has 27 heavy (non-hydrogen) atoms. The van der Waals surface area contributed by atoms with Crippen molar-refractivity contribution in [2.45, 2.75) is 39.2 Å². The van der Waals surface area contributed by atoms with Gasteiger partial charge in [-0.05, 0) is 37.0 Å². The summed E-state index contributed by atoms with van der Waals surface area (Å²) >= 11 is 0. The first-order valence-electron chi connectivity index (χ1n) is 9.83. The Morgan fingerprint density at radius 1 is 1.22 bits per heavy atom. The number of aryl methyl sites for hydroxylation is 1. The Morgan fingerprint density at radius 3 is 2.70 bits per heavy atom. The van der Waals surface area contributed by atoms with Crippen LogP contribution in [0.15, 0.2) is 35.6 Å². The molecule has 0 saturated carbocycles. The average Bonchev–Trinajstić information content (AvgIpc) is 3.39. The molecule has 0 unspecified atom stereocenters. The molecule has 1 N–H and O–H groups in total. The summed E-state index contributed by atoms with van der Waals surface area (Å²) in [5.41, 5.74) is 1.28. The molecule has 1 fully saturated rings. The number of nitrogens with zero attached hydrogens (tertiary/aromatic N) is 5. The predicted octanol–water partition coefficient (Wildman–Crippen LogP) is 2.13. The van der Waals surface area contributed by atoms with Crippen molar-refractivity contribution >= 4 is 5.96 Å². The predicted molar refractivity (Wildman–Crippen MR) is 107 cm³/mol. The van der Waals surface area contributed by atoms with Crippen molar-refractivity contribution in [2.75, 3.05) is 33.3 Å². The number of aliphatic imine (C=N–C) groups is 1. The number of methoxy groups -OCH3 is 1. The van der Waals surface area contributed by atoms with Gasteiger partial charge in [0, 0.05) is 39.1 Å². The third-order valence-corrected chi connectivity index (χ3v) is 4.87. The van der Waals surface area contributed by atoms with E-state index in [0.717, 1.165) is 63.1 Å². The second-order valence-corrected chi connectivity index (χ2v) is 6.72. The van der Waals surface area contributed by atoms with Gasteiger partial charge < -0.3 is 19.5 Å². The molecular weight excluding hydrogens is 340 g/mol. The molecule has 1 aromatic heterocycles. The second-order valence-electron chi connectivity index (χ2n) is 6.72. The SMILES string of the molecule is CCc1nncn1CCNC(=NCCc1ccc(OC)cc1)N1CCCC1. The number of rotatable bonds is 8. The van der Waals surface area contributed by atoms with Gasteiger partial charge in [-0.15, -0.1) is 10.2 Å². The van der Waals surface area contributed by atoms with Crippen LogP contribution in [0, 0.1) is 0 Å². The van der Waals surface area contributed by atoms with Gasteiger partial charge in [-0.25, -0.2) is 0 Å². The zero-order chi connectivity index (χ0) is 18.9. The number of ether oxygens (including phenoxy) is 1. The zero-order valence-electron chi connectivity index (χ0n) is 16.4. The molecular formula is C20H30N6O. The van der Waals surface area contributed by atoms with Gasteiger partial charge in [0.15, 0.2) is 5.96 Å². The fourth-order valence-electron chi connectivity index (χ4n) is 3.31. The van der Waals surface area contributed by atoms with E-state index in [1.54, 1.807) is 13.4 Å². The van der Waals surface area contributed by atoms with Crippen molar-refractivity contribution in [3.8, 4) is 5.75 Å². The van der Waals surface area contributed by atoms with Crippen LogP contribution in [0.5, 0.6) is 5.75 Å². The molecule has 0 atom stereocenters. The highest BCUT2D eigenvalue weighted by Crippen LogP contribution is 2.12. The molecule has 0 bridgehead atoms. The summed E-state index contributed by atoms with van der Waals surface area (Å²) in [6.45, 7) is 6.72. The maximum absolute atomic E-state index is 5.22. The lowest BCUT2D eigenvalue weighted by molar-refractivity contribution is 0.414. The monoisotopic (exact) mass is 370 g/mol. The van der Waals surface area contributed by atoms with E-state index in [0.29, 0.717) is 0 Å². The topological polar surface area (TPSA) is 67.6 Å². The minimum atomic E-state index is 0.776. The van der Waals surface area contributed by atoms with Crippen LogP contribution in [0.1, 0.15) is 31.2 Å². The number of aromatic nitrogens is 3. The molecule has 146 valence electrons. The molecule has 1 aliphatic heterocycles. The summed E-state index contributed by atoms with van der Waals surface area (Å²) in [5.74, 6) is 2.94. The molecule has 7 nitrogen and oxygen atoms in total. The van der Waals surface area contributed by atoms with E-state index in [4.69, 9.17) is 9.73 Å². The number of benzene rings is 1. The molecule has 0 radical (unpaired) electrons. The quantitative estimate of drug-likeness (QED) is 0.570. The first-order chi connectivity index (χ1) is 13.3. The van der Waals surface area contributed by atoms with Crippen LogP contribution in [0.3, 0.4) is 0 Å². The molecule has 2 heterocycles. The van der Waals surface area contributed by atoms with Crippen molar-refractivity contribution in [2.24, 2.45) is 4.99 Å². The molecule has 0 spiro atoms. The maximum Gasteiger partial charge on any atom is 0.193 e. The number of nitrogens with one attached hydrogen (secondary N) is 1. The van der Waals surface area contributed by atoms with Gasteiger partial charge in [0.05, 0.1) is 7.11 Å². The van der Waals surface area contributed by atoms with Gasteiger partial charge in [-0.1, -0.05) is 19.1 Å². The Balaban J connectivity index is 1.54. The summed E-state index contributed by atoms with van der Waals surface area (Å²) < 4.78 is 7.32. The Labute approximate surface area is 161 Å². The highest BCUT2D eigenvalue weighted by molar-refractivity contribution is 5.80. The lowest BCUT2D eigenvalue weighted by atomic mass is 10.1. The molecule has 0 aliphatic carbocycles. The molecule has 1 saturated heterocycles. The molecule has 1 aliphatic rings.